The van der Waals surface area contributed by atoms with Crippen molar-refractivity contribution in [3.8, 4) is 0 Å². The number of hydrogen-bond donors (Lipinski definition) is 0. The van der Waals surface area contributed by atoms with Crippen LogP contribution in [0.5, 0.6) is 0 Å². The van der Waals surface area contributed by atoms with Gasteiger partial charge in [0.25, 0.3) is 10.1 Å². The van der Waals surface area contributed by atoms with E-state index in [1.165, 1.54) is 0 Å². The molecule has 1 aliphatic heterocycles. The van der Waals surface area contributed by atoms with Crippen LogP contribution in [0.1, 0.15) is 25.1 Å². The number of alkyl halides is 1. The predicted octanol–water partition coefficient (Wildman–Crippen LogP) is 3.62. The molecule has 0 saturated carbocycles. The van der Waals surface area contributed by atoms with Crippen LogP contribution in [0.25, 0.3) is 0 Å². The van der Waals surface area contributed by atoms with Gasteiger partial charge in [0.1, 0.15) is 6.17 Å². The Bertz CT molecular complexity index is 697. The Morgan fingerprint density at radius 2 is 1.96 bits per heavy atom. The summed E-state index contributed by atoms with van der Waals surface area (Å²) in [5, 5.41) is 0.426. The van der Waals surface area contributed by atoms with Crippen molar-refractivity contribution in [3.63, 3.8) is 0 Å². The summed E-state index contributed by atoms with van der Waals surface area (Å²) in [7, 11) is -3.39. The quantitative estimate of drug-likeness (QED) is 0.585. The molecule has 0 amide bonds. The molecule has 1 atom stereocenters. The second-order valence-electron chi connectivity index (χ2n) is 6.06. The SMILES string of the molecule is CCC(F)c1cc(N2CCN(CCOS(C)(=O)=O)CC2)cc(Br)c1Cl. The van der Waals surface area contributed by atoms with Crippen LogP contribution in [0.3, 0.4) is 0 Å². The highest BCUT2D eigenvalue weighted by Gasteiger charge is 2.21. The van der Waals surface area contributed by atoms with Crippen LogP contribution in [0.4, 0.5) is 10.1 Å². The second kappa shape index (κ2) is 8.99. The number of nitrogens with zero attached hydrogens (tertiary/aromatic N) is 2. The summed E-state index contributed by atoms with van der Waals surface area (Å²) < 4.78 is 41.6. The van der Waals surface area contributed by atoms with Crippen LogP contribution in [-0.4, -0.2) is 58.9 Å². The van der Waals surface area contributed by atoms with Crippen molar-refractivity contribution < 1.29 is 17.0 Å². The third-order valence-corrected chi connectivity index (χ3v) is 6.05. The van der Waals surface area contributed by atoms with E-state index in [0.29, 0.717) is 28.0 Å². The first-order valence-electron chi connectivity index (χ1n) is 8.16. The molecule has 1 aromatic carbocycles. The molecule has 1 unspecified atom stereocenters. The lowest BCUT2D eigenvalue weighted by atomic mass is 10.1. The largest absolute Gasteiger partial charge is 0.369 e. The van der Waals surface area contributed by atoms with Crippen LogP contribution in [0.2, 0.25) is 5.02 Å². The van der Waals surface area contributed by atoms with E-state index in [9.17, 15) is 12.8 Å². The molecular formula is C16H23BrClFN2O3S. The topological polar surface area (TPSA) is 49.9 Å². The van der Waals surface area contributed by atoms with Crippen LogP contribution < -0.4 is 4.90 Å². The molecule has 25 heavy (non-hydrogen) atoms. The van der Waals surface area contributed by atoms with E-state index in [0.717, 1.165) is 38.1 Å². The Hall–Kier alpha value is -0.410. The minimum absolute atomic E-state index is 0.162. The van der Waals surface area contributed by atoms with Gasteiger partial charge < -0.3 is 4.90 Å². The first-order chi connectivity index (χ1) is 11.7. The van der Waals surface area contributed by atoms with Gasteiger partial charge in [0, 0.05) is 48.4 Å². The molecule has 0 N–H and O–H groups in total. The lowest BCUT2D eigenvalue weighted by Crippen LogP contribution is -2.47. The monoisotopic (exact) mass is 456 g/mol. The Balaban J connectivity index is 1.97. The van der Waals surface area contributed by atoms with Crippen molar-refractivity contribution in [1.82, 2.24) is 4.90 Å². The van der Waals surface area contributed by atoms with E-state index in [2.05, 4.69) is 25.7 Å². The lowest BCUT2D eigenvalue weighted by Gasteiger charge is -2.36. The molecule has 5 nitrogen and oxygen atoms in total. The van der Waals surface area contributed by atoms with Gasteiger partial charge in [0.05, 0.1) is 17.9 Å². The van der Waals surface area contributed by atoms with Gasteiger partial charge in [0.15, 0.2) is 0 Å². The Kier molecular flexibility index (Phi) is 7.52. The van der Waals surface area contributed by atoms with Crippen molar-refractivity contribution >= 4 is 43.3 Å². The molecule has 0 spiro atoms. The highest BCUT2D eigenvalue weighted by atomic mass is 79.9. The number of anilines is 1. The normalized spacial score (nSPS) is 17.7. The number of halogens is 3. The summed E-state index contributed by atoms with van der Waals surface area (Å²) in [6.45, 7) is 5.64. The summed E-state index contributed by atoms with van der Waals surface area (Å²) in [4.78, 5) is 4.33. The Morgan fingerprint density at radius 3 is 2.52 bits per heavy atom. The molecule has 1 saturated heterocycles. The maximum absolute atomic E-state index is 14.2. The average molecular weight is 458 g/mol. The molecule has 0 bridgehead atoms. The molecule has 0 radical (unpaired) electrons. The van der Waals surface area contributed by atoms with E-state index in [1.54, 1.807) is 6.92 Å². The third-order valence-electron chi connectivity index (χ3n) is 4.18. The summed E-state index contributed by atoms with van der Waals surface area (Å²) in [5.41, 5.74) is 1.45. The molecule has 1 aliphatic rings. The number of benzene rings is 1. The van der Waals surface area contributed by atoms with E-state index < -0.39 is 16.3 Å². The van der Waals surface area contributed by atoms with Gasteiger partial charge in [-0.15, -0.1) is 0 Å². The fourth-order valence-corrected chi connectivity index (χ4v) is 3.84. The van der Waals surface area contributed by atoms with E-state index >= 15 is 0 Å². The molecule has 1 fully saturated rings. The fourth-order valence-electron chi connectivity index (χ4n) is 2.77. The minimum Gasteiger partial charge on any atom is -0.369 e. The summed E-state index contributed by atoms with van der Waals surface area (Å²) >= 11 is 9.63. The Morgan fingerprint density at radius 1 is 1.32 bits per heavy atom. The highest BCUT2D eigenvalue weighted by Crippen LogP contribution is 2.37. The van der Waals surface area contributed by atoms with E-state index in [1.807, 2.05) is 12.1 Å². The fraction of sp³-hybridized carbons (Fsp3) is 0.625. The molecule has 0 aromatic heterocycles. The van der Waals surface area contributed by atoms with Crippen molar-refractivity contribution in [3.05, 3.63) is 27.2 Å². The van der Waals surface area contributed by atoms with Crippen LogP contribution in [-0.2, 0) is 14.3 Å². The van der Waals surface area contributed by atoms with Crippen LogP contribution >= 0.6 is 27.5 Å². The van der Waals surface area contributed by atoms with Gasteiger partial charge >= 0.3 is 0 Å². The van der Waals surface area contributed by atoms with Gasteiger partial charge in [0.2, 0.25) is 0 Å². The maximum atomic E-state index is 14.2. The van der Waals surface area contributed by atoms with Crippen molar-refractivity contribution in [1.29, 1.82) is 0 Å². The third kappa shape index (κ3) is 6.06. The molecular weight excluding hydrogens is 435 g/mol. The van der Waals surface area contributed by atoms with Crippen molar-refractivity contribution in [2.24, 2.45) is 0 Å². The van der Waals surface area contributed by atoms with Gasteiger partial charge in [-0.2, -0.15) is 8.42 Å². The van der Waals surface area contributed by atoms with Crippen molar-refractivity contribution in [2.45, 2.75) is 19.5 Å². The minimum atomic E-state index is -3.39. The highest BCUT2D eigenvalue weighted by molar-refractivity contribution is 9.10. The first kappa shape index (κ1) is 20.9. The molecule has 2 rings (SSSR count). The van der Waals surface area contributed by atoms with Gasteiger partial charge in [-0.1, -0.05) is 18.5 Å². The van der Waals surface area contributed by atoms with E-state index in [4.69, 9.17) is 15.8 Å². The van der Waals surface area contributed by atoms with Crippen LogP contribution in [0.15, 0.2) is 16.6 Å². The van der Waals surface area contributed by atoms with Crippen LogP contribution in [0, 0.1) is 0 Å². The molecule has 0 aliphatic carbocycles. The zero-order valence-electron chi connectivity index (χ0n) is 14.3. The second-order valence-corrected chi connectivity index (χ2v) is 8.94. The maximum Gasteiger partial charge on any atom is 0.264 e. The first-order valence-corrected chi connectivity index (χ1v) is 11.1. The zero-order valence-corrected chi connectivity index (χ0v) is 17.5. The number of piperazine rings is 1. The lowest BCUT2D eigenvalue weighted by molar-refractivity contribution is 0.204. The number of rotatable bonds is 7. The summed E-state index contributed by atoms with van der Waals surface area (Å²) in [6, 6.07) is 3.74. The predicted molar refractivity (Wildman–Crippen MR) is 103 cm³/mol. The average Bonchev–Trinajstić information content (AvgIpc) is 2.56. The molecule has 9 heteroatoms. The Labute approximate surface area is 162 Å². The molecule has 142 valence electrons. The summed E-state index contributed by atoms with van der Waals surface area (Å²) in [5.74, 6) is 0. The molecule has 1 aromatic rings. The van der Waals surface area contributed by atoms with E-state index in [-0.39, 0.29) is 6.61 Å². The van der Waals surface area contributed by atoms with Gasteiger partial charge in [-0.05, 0) is 34.5 Å². The van der Waals surface area contributed by atoms with Gasteiger partial charge in [-0.3, -0.25) is 9.08 Å². The zero-order chi connectivity index (χ0) is 18.6. The number of hydrogen-bond acceptors (Lipinski definition) is 5. The smallest absolute Gasteiger partial charge is 0.264 e. The summed E-state index contributed by atoms with van der Waals surface area (Å²) in [6.07, 6.45) is 0.345. The molecule has 1 heterocycles. The van der Waals surface area contributed by atoms with Crippen molar-refractivity contribution in [2.75, 3.05) is 50.5 Å². The standard InChI is InChI=1S/C16H23BrClFN2O3S/c1-3-15(19)13-10-12(11-14(17)16(13)18)21-6-4-20(5-7-21)8-9-24-25(2,22)23/h10-11,15H,3-9H2,1-2H3. The van der Waals surface area contributed by atoms with Gasteiger partial charge in [-0.25, -0.2) is 4.39 Å².